The molecule has 0 bridgehead atoms. The summed E-state index contributed by atoms with van der Waals surface area (Å²) >= 11 is 1.40. The number of benzene rings is 2. The molecule has 0 unspecified atom stereocenters. The van der Waals surface area contributed by atoms with E-state index in [-0.39, 0.29) is 11.3 Å². The van der Waals surface area contributed by atoms with Crippen molar-refractivity contribution < 1.29 is 5.11 Å². The smallest absolute Gasteiger partial charge is 0.274 e. The van der Waals surface area contributed by atoms with Crippen molar-refractivity contribution >= 4 is 33.4 Å². The zero-order valence-corrected chi connectivity index (χ0v) is 16.2. The van der Waals surface area contributed by atoms with Crippen molar-refractivity contribution in [3.8, 4) is 11.4 Å². The maximum atomic E-state index is 13.0. The molecule has 0 atom stereocenters. The molecule has 28 heavy (non-hydrogen) atoms. The molecule has 3 aromatic heterocycles. The van der Waals surface area contributed by atoms with Crippen LogP contribution in [0.5, 0.6) is 5.75 Å². The number of para-hydroxylation sites is 2. The Hall–Kier alpha value is -3.38. The van der Waals surface area contributed by atoms with E-state index in [0.29, 0.717) is 9.49 Å². The zero-order chi connectivity index (χ0) is 19.4. The van der Waals surface area contributed by atoms with E-state index in [0.717, 1.165) is 33.7 Å². The highest BCUT2D eigenvalue weighted by Crippen LogP contribution is 2.24. The molecule has 0 fully saturated rings. The van der Waals surface area contributed by atoms with Crippen LogP contribution in [0, 0.1) is 13.8 Å². The van der Waals surface area contributed by atoms with Crippen LogP contribution in [0.1, 0.15) is 17.0 Å². The van der Waals surface area contributed by atoms with Crippen molar-refractivity contribution in [2.24, 2.45) is 0 Å². The minimum absolute atomic E-state index is 0.0455. The molecule has 6 heteroatoms. The first kappa shape index (κ1) is 16.8. The average molecular weight is 387 g/mol. The molecule has 0 aliphatic rings. The van der Waals surface area contributed by atoms with Crippen LogP contribution in [0.4, 0.5) is 0 Å². The maximum Gasteiger partial charge on any atom is 0.274 e. The van der Waals surface area contributed by atoms with E-state index in [1.165, 1.54) is 11.3 Å². The van der Waals surface area contributed by atoms with Gasteiger partial charge in [-0.15, -0.1) is 0 Å². The third-order valence-electron chi connectivity index (χ3n) is 4.99. The van der Waals surface area contributed by atoms with Crippen LogP contribution in [0.15, 0.2) is 59.4 Å². The number of hydrogen-bond donors (Lipinski definition) is 1. The Kier molecular flexibility index (Phi) is 3.64. The van der Waals surface area contributed by atoms with E-state index in [1.54, 1.807) is 16.5 Å². The highest BCUT2D eigenvalue weighted by molar-refractivity contribution is 7.15. The number of hydrogen-bond acceptors (Lipinski definition) is 4. The summed E-state index contributed by atoms with van der Waals surface area (Å²) in [6.45, 7) is 4.03. The molecule has 5 rings (SSSR count). The summed E-state index contributed by atoms with van der Waals surface area (Å²) in [6.07, 6.45) is 1.93. The van der Waals surface area contributed by atoms with Gasteiger partial charge in [-0.25, -0.2) is 9.38 Å². The monoisotopic (exact) mass is 387 g/mol. The quantitative estimate of drug-likeness (QED) is 0.504. The van der Waals surface area contributed by atoms with Gasteiger partial charge in [-0.2, -0.15) is 0 Å². The molecule has 0 radical (unpaired) electrons. The molecule has 138 valence electrons. The summed E-state index contributed by atoms with van der Waals surface area (Å²) in [7, 11) is 0. The molecule has 0 saturated carbocycles. The lowest BCUT2D eigenvalue weighted by Gasteiger charge is -2.09. The van der Waals surface area contributed by atoms with Crippen LogP contribution in [-0.4, -0.2) is 19.1 Å². The van der Waals surface area contributed by atoms with Gasteiger partial charge in [0.15, 0.2) is 4.96 Å². The lowest BCUT2D eigenvalue weighted by Crippen LogP contribution is -2.22. The van der Waals surface area contributed by atoms with Gasteiger partial charge in [0.1, 0.15) is 5.75 Å². The summed E-state index contributed by atoms with van der Waals surface area (Å²) in [6, 6.07) is 16.9. The SMILES string of the molecule is Cc1cc(/C=c2\sc3nc4ccccc4n3c2=O)c(C)n1-c1cccc(O)c1. The van der Waals surface area contributed by atoms with Crippen molar-refractivity contribution in [3.05, 3.63) is 86.4 Å². The van der Waals surface area contributed by atoms with E-state index < -0.39 is 0 Å². The number of rotatable bonds is 2. The second-order valence-corrected chi connectivity index (χ2v) is 7.83. The first-order valence-electron chi connectivity index (χ1n) is 8.93. The molecule has 0 spiro atoms. The van der Waals surface area contributed by atoms with Gasteiger partial charge in [0.25, 0.3) is 5.56 Å². The molecule has 0 aliphatic heterocycles. The Morgan fingerprint density at radius 3 is 2.71 bits per heavy atom. The van der Waals surface area contributed by atoms with Gasteiger partial charge >= 0.3 is 0 Å². The summed E-state index contributed by atoms with van der Waals surface area (Å²) in [4.78, 5) is 18.3. The molecule has 0 saturated heterocycles. The maximum absolute atomic E-state index is 13.0. The predicted octanol–water partition coefficient (Wildman–Crippen LogP) is 3.57. The zero-order valence-electron chi connectivity index (χ0n) is 15.4. The van der Waals surface area contributed by atoms with Crippen LogP contribution in [0.25, 0.3) is 27.8 Å². The number of aryl methyl sites for hydroxylation is 1. The summed E-state index contributed by atoms with van der Waals surface area (Å²) < 4.78 is 4.41. The van der Waals surface area contributed by atoms with E-state index >= 15 is 0 Å². The van der Waals surface area contributed by atoms with Crippen molar-refractivity contribution in [1.82, 2.24) is 14.0 Å². The molecule has 3 heterocycles. The van der Waals surface area contributed by atoms with Crippen LogP contribution in [-0.2, 0) is 0 Å². The van der Waals surface area contributed by atoms with Gasteiger partial charge in [-0.1, -0.05) is 29.5 Å². The number of nitrogens with zero attached hydrogens (tertiary/aromatic N) is 3. The van der Waals surface area contributed by atoms with Crippen LogP contribution < -0.4 is 10.1 Å². The number of aromatic hydroxyl groups is 1. The molecule has 0 amide bonds. The normalized spacial score (nSPS) is 12.4. The van der Waals surface area contributed by atoms with Gasteiger partial charge in [0.05, 0.1) is 15.6 Å². The highest BCUT2D eigenvalue weighted by atomic mass is 32.1. The van der Waals surface area contributed by atoms with Crippen molar-refractivity contribution in [2.75, 3.05) is 0 Å². The number of phenolic OH excluding ortho intramolecular Hbond substituents is 1. The second kappa shape index (κ2) is 6.07. The fourth-order valence-electron chi connectivity index (χ4n) is 3.72. The lowest BCUT2D eigenvalue weighted by molar-refractivity contribution is 0.475. The minimum atomic E-state index is -0.0455. The van der Waals surface area contributed by atoms with Gasteiger partial charge in [0.2, 0.25) is 0 Å². The standard InChI is InChI=1S/C22H17N3O2S/c1-13-10-15(14(2)24(13)16-6-5-7-17(26)12-16)11-20-21(27)25-19-9-4-3-8-18(19)23-22(25)28-20/h3-12,26H,1-2H3/b20-11-. The van der Waals surface area contributed by atoms with Crippen molar-refractivity contribution in [1.29, 1.82) is 0 Å². The number of thiazole rings is 1. The largest absolute Gasteiger partial charge is 0.508 e. The van der Waals surface area contributed by atoms with Gasteiger partial charge < -0.3 is 9.67 Å². The van der Waals surface area contributed by atoms with E-state index in [4.69, 9.17) is 0 Å². The molecule has 0 aliphatic carbocycles. The molecular weight excluding hydrogens is 370 g/mol. The highest BCUT2D eigenvalue weighted by Gasteiger charge is 2.13. The van der Waals surface area contributed by atoms with Crippen LogP contribution in [0.2, 0.25) is 0 Å². The third kappa shape index (κ3) is 2.46. The first-order chi connectivity index (χ1) is 13.5. The predicted molar refractivity (Wildman–Crippen MR) is 113 cm³/mol. The Bertz CT molecular complexity index is 1470. The number of fused-ring (bicyclic) bond motifs is 3. The molecular formula is C22H17N3O2S. The molecule has 5 nitrogen and oxygen atoms in total. The molecule has 5 aromatic rings. The second-order valence-electron chi connectivity index (χ2n) is 6.82. The number of phenols is 1. The third-order valence-corrected chi connectivity index (χ3v) is 5.96. The van der Waals surface area contributed by atoms with Gasteiger partial charge in [-0.3, -0.25) is 4.79 Å². The summed E-state index contributed by atoms with van der Waals surface area (Å²) in [5.74, 6) is 0.226. The summed E-state index contributed by atoms with van der Waals surface area (Å²) in [5, 5.41) is 9.81. The van der Waals surface area contributed by atoms with Crippen molar-refractivity contribution in [2.45, 2.75) is 13.8 Å². The van der Waals surface area contributed by atoms with E-state index in [2.05, 4.69) is 15.6 Å². The molecule has 1 N–H and O–H groups in total. The van der Waals surface area contributed by atoms with Crippen LogP contribution >= 0.6 is 11.3 Å². The van der Waals surface area contributed by atoms with E-state index in [1.807, 2.05) is 56.3 Å². The van der Waals surface area contributed by atoms with Gasteiger partial charge in [0, 0.05) is 23.1 Å². The number of aromatic nitrogens is 3. The topological polar surface area (TPSA) is 59.5 Å². The Morgan fingerprint density at radius 2 is 1.89 bits per heavy atom. The number of imidazole rings is 1. The Labute approximate surface area is 164 Å². The minimum Gasteiger partial charge on any atom is -0.508 e. The summed E-state index contributed by atoms with van der Waals surface area (Å²) in [5.41, 5.74) is 5.54. The first-order valence-corrected chi connectivity index (χ1v) is 9.74. The lowest BCUT2D eigenvalue weighted by atomic mass is 10.2. The Balaban J connectivity index is 1.71. The van der Waals surface area contributed by atoms with Crippen LogP contribution in [0.3, 0.4) is 0 Å². The fraction of sp³-hybridized carbons (Fsp3) is 0.0909. The Morgan fingerprint density at radius 1 is 1.07 bits per heavy atom. The fourth-order valence-corrected chi connectivity index (χ4v) is 4.69. The molecule has 2 aromatic carbocycles. The average Bonchev–Trinajstić information content (AvgIpc) is 3.27. The van der Waals surface area contributed by atoms with Crippen molar-refractivity contribution in [3.63, 3.8) is 0 Å². The van der Waals surface area contributed by atoms with E-state index in [9.17, 15) is 9.90 Å². The van der Waals surface area contributed by atoms with Gasteiger partial charge in [-0.05, 0) is 55.8 Å².